The molecule has 4 rings (SSSR count). The van der Waals surface area contributed by atoms with Crippen molar-refractivity contribution in [2.45, 2.75) is 18.2 Å². The first-order valence-electron chi connectivity index (χ1n) is 9.44. The number of hydrogen-bond donors (Lipinski definition) is 1. The summed E-state index contributed by atoms with van der Waals surface area (Å²) in [5.41, 5.74) is 2.79. The Morgan fingerprint density at radius 1 is 0.793 bits per heavy atom. The van der Waals surface area contributed by atoms with Gasteiger partial charge in [-0.2, -0.15) is 0 Å². The Kier molecular flexibility index (Phi) is 5.49. The molecule has 1 aliphatic heterocycles. The van der Waals surface area contributed by atoms with E-state index in [1.807, 2.05) is 84.9 Å². The van der Waals surface area contributed by atoms with Gasteiger partial charge >= 0.3 is 0 Å². The fourth-order valence-corrected chi connectivity index (χ4v) is 4.05. The van der Waals surface area contributed by atoms with Gasteiger partial charge in [0.05, 0.1) is 5.69 Å². The minimum Gasteiger partial charge on any atom is -0.350 e. The predicted molar refractivity (Wildman–Crippen MR) is 118 cm³/mol. The number of aryl methyl sites for hydroxylation is 1. The summed E-state index contributed by atoms with van der Waals surface area (Å²) in [6, 6.07) is 26.6. The number of carbonyl (C=O) groups is 2. The molecule has 5 heteroatoms. The maximum Gasteiger partial charge on any atom is 0.283 e. The highest BCUT2D eigenvalue weighted by molar-refractivity contribution is 8.04. The van der Waals surface area contributed by atoms with Crippen LogP contribution in [-0.4, -0.2) is 11.8 Å². The molecule has 1 aliphatic rings. The van der Waals surface area contributed by atoms with Gasteiger partial charge in [0.15, 0.2) is 0 Å². The van der Waals surface area contributed by atoms with Crippen molar-refractivity contribution >= 4 is 35.0 Å². The summed E-state index contributed by atoms with van der Waals surface area (Å²) in [5, 5.41) is 3.16. The number of benzene rings is 3. The standard InChI is InChI=1S/C24H20N2O2S/c1-2-17-13-15-19(16-14-17)26-23(27)21(25-18-9-5-3-6-10-18)22(24(26)28)29-20-11-7-4-8-12-20/h3-16,25H,2H2,1H3. The lowest BCUT2D eigenvalue weighted by atomic mass is 10.1. The fourth-order valence-electron chi connectivity index (χ4n) is 3.10. The van der Waals surface area contributed by atoms with Gasteiger partial charge in [-0.05, 0) is 48.4 Å². The second-order valence-electron chi connectivity index (χ2n) is 6.58. The van der Waals surface area contributed by atoms with Crippen molar-refractivity contribution in [3.8, 4) is 0 Å². The van der Waals surface area contributed by atoms with Crippen LogP contribution in [0.5, 0.6) is 0 Å². The third-order valence-electron chi connectivity index (χ3n) is 4.65. The molecule has 0 bridgehead atoms. The summed E-state index contributed by atoms with van der Waals surface area (Å²) in [6.07, 6.45) is 0.899. The molecule has 3 aromatic carbocycles. The summed E-state index contributed by atoms with van der Waals surface area (Å²) >= 11 is 1.30. The highest BCUT2D eigenvalue weighted by Gasteiger charge is 2.40. The van der Waals surface area contributed by atoms with Crippen LogP contribution in [-0.2, 0) is 16.0 Å². The molecular formula is C24H20N2O2S. The zero-order valence-electron chi connectivity index (χ0n) is 16.0. The lowest BCUT2D eigenvalue weighted by Crippen LogP contribution is -2.32. The number of carbonyl (C=O) groups excluding carboxylic acids is 2. The van der Waals surface area contributed by atoms with Crippen LogP contribution in [0.15, 0.2) is 100 Å². The van der Waals surface area contributed by atoms with E-state index in [0.717, 1.165) is 22.6 Å². The summed E-state index contributed by atoms with van der Waals surface area (Å²) in [4.78, 5) is 29.1. The third kappa shape index (κ3) is 3.96. The molecule has 2 amide bonds. The molecule has 144 valence electrons. The maximum absolute atomic E-state index is 13.3. The van der Waals surface area contributed by atoms with Gasteiger partial charge in [0.25, 0.3) is 11.8 Å². The van der Waals surface area contributed by atoms with Crippen molar-refractivity contribution in [3.05, 3.63) is 101 Å². The van der Waals surface area contributed by atoms with Gasteiger partial charge in [-0.15, -0.1) is 0 Å². The second-order valence-corrected chi connectivity index (χ2v) is 7.66. The molecule has 0 fully saturated rings. The third-order valence-corrected chi connectivity index (χ3v) is 5.74. The molecule has 0 radical (unpaired) electrons. The van der Waals surface area contributed by atoms with Crippen LogP contribution in [0.2, 0.25) is 0 Å². The molecule has 4 nitrogen and oxygen atoms in total. The number of nitrogens with one attached hydrogen (secondary N) is 1. The van der Waals surface area contributed by atoms with Crippen molar-refractivity contribution in [1.29, 1.82) is 0 Å². The Balaban J connectivity index is 1.72. The highest BCUT2D eigenvalue weighted by atomic mass is 32.2. The van der Waals surface area contributed by atoms with Gasteiger partial charge in [-0.25, -0.2) is 4.90 Å². The lowest BCUT2D eigenvalue weighted by molar-refractivity contribution is -0.120. The van der Waals surface area contributed by atoms with E-state index >= 15 is 0 Å². The average molecular weight is 401 g/mol. The topological polar surface area (TPSA) is 49.4 Å². The van der Waals surface area contributed by atoms with Gasteiger partial charge in [0.1, 0.15) is 10.6 Å². The zero-order chi connectivity index (χ0) is 20.2. The lowest BCUT2D eigenvalue weighted by Gasteiger charge is -2.15. The van der Waals surface area contributed by atoms with Crippen LogP contribution >= 0.6 is 11.8 Å². The van der Waals surface area contributed by atoms with E-state index in [0.29, 0.717) is 16.3 Å². The highest BCUT2D eigenvalue weighted by Crippen LogP contribution is 2.37. The molecule has 0 aromatic heterocycles. The van der Waals surface area contributed by atoms with Gasteiger partial charge in [-0.1, -0.05) is 67.2 Å². The largest absolute Gasteiger partial charge is 0.350 e. The van der Waals surface area contributed by atoms with E-state index in [9.17, 15) is 9.59 Å². The predicted octanol–water partition coefficient (Wildman–Crippen LogP) is 5.24. The van der Waals surface area contributed by atoms with E-state index in [4.69, 9.17) is 0 Å². The second kappa shape index (κ2) is 8.37. The first-order valence-corrected chi connectivity index (χ1v) is 10.3. The number of hydrogen-bond acceptors (Lipinski definition) is 4. The summed E-state index contributed by atoms with van der Waals surface area (Å²) in [7, 11) is 0. The van der Waals surface area contributed by atoms with Gasteiger partial charge in [0.2, 0.25) is 0 Å². The Labute approximate surface area is 174 Å². The number of imide groups is 1. The van der Waals surface area contributed by atoms with E-state index in [2.05, 4.69) is 12.2 Å². The number of anilines is 2. The van der Waals surface area contributed by atoms with Gasteiger partial charge in [-0.3, -0.25) is 9.59 Å². The van der Waals surface area contributed by atoms with Crippen LogP contribution < -0.4 is 10.2 Å². The molecule has 1 N–H and O–H groups in total. The van der Waals surface area contributed by atoms with Crippen molar-refractivity contribution < 1.29 is 9.59 Å². The van der Waals surface area contributed by atoms with Crippen molar-refractivity contribution in [1.82, 2.24) is 0 Å². The number of para-hydroxylation sites is 1. The fraction of sp³-hybridized carbons (Fsp3) is 0.0833. The molecule has 0 saturated carbocycles. The molecular weight excluding hydrogens is 380 g/mol. The molecule has 0 atom stereocenters. The van der Waals surface area contributed by atoms with E-state index < -0.39 is 0 Å². The van der Waals surface area contributed by atoms with E-state index in [1.54, 1.807) is 0 Å². The summed E-state index contributed by atoms with van der Waals surface area (Å²) in [5.74, 6) is -0.659. The van der Waals surface area contributed by atoms with Gasteiger partial charge < -0.3 is 5.32 Å². The molecule has 0 spiro atoms. The molecule has 0 saturated heterocycles. The number of rotatable bonds is 6. The van der Waals surface area contributed by atoms with E-state index in [-0.39, 0.29) is 11.8 Å². The first kappa shape index (κ1) is 19.0. The van der Waals surface area contributed by atoms with Gasteiger partial charge in [0, 0.05) is 10.6 Å². The maximum atomic E-state index is 13.3. The monoisotopic (exact) mass is 400 g/mol. The van der Waals surface area contributed by atoms with Crippen LogP contribution in [0.3, 0.4) is 0 Å². The Morgan fingerprint density at radius 3 is 2.03 bits per heavy atom. The Bertz CT molecular complexity index is 998. The SMILES string of the molecule is CCc1ccc(N2C(=O)C(Nc3ccccc3)=C(Sc3ccccc3)C2=O)cc1. The average Bonchev–Trinajstić information content (AvgIpc) is 2.99. The van der Waals surface area contributed by atoms with Crippen molar-refractivity contribution in [3.63, 3.8) is 0 Å². The van der Waals surface area contributed by atoms with Crippen LogP contribution in [0, 0.1) is 0 Å². The minimum atomic E-state index is -0.346. The summed E-state index contributed by atoms with van der Waals surface area (Å²) in [6.45, 7) is 2.07. The number of thioether (sulfide) groups is 1. The molecule has 0 aliphatic carbocycles. The Morgan fingerprint density at radius 2 is 1.41 bits per heavy atom. The van der Waals surface area contributed by atoms with Crippen LogP contribution in [0.25, 0.3) is 0 Å². The van der Waals surface area contributed by atoms with Crippen LogP contribution in [0.1, 0.15) is 12.5 Å². The van der Waals surface area contributed by atoms with Crippen molar-refractivity contribution in [2.75, 3.05) is 10.2 Å². The minimum absolute atomic E-state index is 0.301. The molecule has 29 heavy (non-hydrogen) atoms. The summed E-state index contributed by atoms with van der Waals surface area (Å²) < 4.78 is 0. The molecule has 0 unspecified atom stereocenters. The van der Waals surface area contributed by atoms with E-state index in [1.165, 1.54) is 16.7 Å². The smallest absolute Gasteiger partial charge is 0.283 e. The van der Waals surface area contributed by atoms with Crippen molar-refractivity contribution in [2.24, 2.45) is 0 Å². The van der Waals surface area contributed by atoms with Crippen LogP contribution in [0.4, 0.5) is 11.4 Å². The molecule has 1 heterocycles. The quantitative estimate of drug-likeness (QED) is 0.575. The normalized spacial score (nSPS) is 13.9. The molecule has 3 aromatic rings. The number of amides is 2. The first-order chi connectivity index (χ1) is 14.2. The number of nitrogens with zero attached hydrogens (tertiary/aromatic N) is 1. The Hall–Kier alpha value is -3.31. The zero-order valence-corrected chi connectivity index (χ0v) is 16.8.